The molecule has 4 aromatic heterocycles. The maximum absolute atomic E-state index is 13.4. The number of amides is 3. The first-order valence-corrected chi connectivity index (χ1v) is 17.1. The molecule has 3 amide bonds. The van der Waals surface area contributed by atoms with Crippen LogP contribution in [0.5, 0.6) is 0 Å². The molecular formula is C35H34Cl2N10O4. The molecule has 1 saturated heterocycles. The predicted octanol–water partition coefficient (Wildman–Crippen LogP) is 3.32. The normalized spacial score (nSPS) is 13.1. The van der Waals surface area contributed by atoms with Crippen LogP contribution in [-0.4, -0.2) is 96.9 Å². The molecule has 5 heterocycles. The lowest BCUT2D eigenvalue weighted by Crippen LogP contribution is -2.34. The summed E-state index contributed by atoms with van der Waals surface area (Å²) in [5.41, 5.74) is 4.62. The van der Waals surface area contributed by atoms with Gasteiger partial charge >= 0.3 is 6.03 Å². The third-order valence-corrected chi connectivity index (χ3v) is 9.92. The SMILES string of the molecule is CN(CCNC=O)CCn1cnn2cc(-c3cccc(-c4cccc(-c5cc6c(=O)n(CCN7CCNC7=O)cnn6c5)c4Cl)c3Cl)cc2c1=O. The van der Waals surface area contributed by atoms with Gasteiger partial charge in [0.2, 0.25) is 6.41 Å². The third-order valence-electron chi connectivity index (χ3n) is 9.10. The number of rotatable bonds is 13. The Hall–Kier alpha value is -5.44. The highest BCUT2D eigenvalue weighted by Crippen LogP contribution is 2.42. The lowest BCUT2D eigenvalue weighted by atomic mass is 9.97. The average molecular weight is 730 g/mol. The van der Waals surface area contributed by atoms with Gasteiger partial charge in [0.15, 0.2) is 0 Å². The number of benzene rings is 2. The number of carbonyl (C=O) groups excluding carboxylic acids is 2. The van der Waals surface area contributed by atoms with Gasteiger partial charge in [0.25, 0.3) is 11.1 Å². The van der Waals surface area contributed by atoms with Crippen LogP contribution < -0.4 is 21.8 Å². The molecule has 0 unspecified atom stereocenters. The van der Waals surface area contributed by atoms with Crippen LogP contribution in [0, 0.1) is 0 Å². The first-order chi connectivity index (χ1) is 24.7. The number of fused-ring (bicyclic) bond motifs is 2. The molecule has 6 aromatic rings. The van der Waals surface area contributed by atoms with Crippen molar-refractivity contribution in [3.63, 3.8) is 0 Å². The summed E-state index contributed by atoms with van der Waals surface area (Å²) in [6, 6.07) is 14.7. The standard InChI is InChI=1S/C35H34Cl2N10O4/c1-42(10-8-38-22-48)12-13-44-20-40-46-18-23(16-29(46)33(44)49)25-4-2-6-27(31(25)36)28-7-3-5-26(32(28)37)24-17-30-34(50)45(21-41-47(30)19-24)15-14-43-11-9-39-35(43)51/h2-7,16-22H,8-15H2,1H3,(H,38,48)(H,39,51). The number of urea groups is 1. The largest absolute Gasteiger partial charge is 0.357 e. The molecule has 0 radical (unpaired) electrons. The molecule has 0 atom stereocenters. The monoisotopic (exact) mass is 728 g/mol. The zero-order valence-corrected chi connectivity index (χ0v) is 29.1. The van der Waals surface area contributed by atoms with Crippen LogP contribution in [0.1, 0.15) is 0 Å². The summed E-state index contributed by atoms with van der Waals surface area (Å²) in [7, 11) is 1.92. The van der Waals surface area contributed by atoms with Gasteiger partial charge in [-0.25, -0.2) is 13.8 Å². The Morgan fingerprint density at radius 1 is 0.804 bits per heavy atom. The van der Waals surface area contributed by atoms with Crippen molar-refractivity contribution < 1.29 is 9.59 Å². The van der Waals surface area contributed by atoms with Gasteiger partial charge in [-0.3, -0.25) is 23.5 Å². The summed E-state index contributed by atoms with van der Waals surface area (Å²) in [5, 5.41) is 15.2. The van der Waals surface area contributed by atoms with Crippen molar-refractivity contribution in [2.24, 2.45) is 0 Å². The summed E-state index contributed by atoms with van der Waals surface area (Å²) in [6.07, 6.45) is 7.19. The summed E-state index contributed by atoms with van der Waals surface area (Å²) >= 11 is 14.2. The zero-order valence-electron chi connectivity index (χ0n) is 27.6. The molecule has 1 aliphatic rings. The topological polar surface area (TPSA) is 143 Å². The van der Waals surface area contributed by atoms with E-state index in [9.17, 15) is 19.2 Å². The average Bonchev–Trinajstić information content (AvgIpc) is 3.87. The number of nitrogens with one attached hydrogen (secondary N) is 2. The first-order valence-electron chi connectivity index (χ1n) is 16.4. The number of halogens is 2. The van der Waals surface area contributed by atoms with E-state index in [0.717, 1.165) is 5.56 Å². The Bertz CT molecular complexity index is 2400. The Balaban J connectivity index is 1.15. The van der Waals surface area contributed by atoms with Gasteiger partial charge in [0, 0.05) is 98.1 Å². The van der Waals surface area contributed by atoms with E-state index in [-0.39, 0.29) is 17.1 Å². The second kappa shape index (κ2) is 14.4. The maximum atomic E-state index is 13.4. The van der Waals surface area contributed by atoms with E-state index >= 15 is 0 Å². The van der Waals surface area contributed by atoms with Crippen LogP contribution in [-0.2, 0) is 17.9 Å². The minimum Gasteiger partial charge on any atom is -0.357 e. The van der Waals surface area contributed by atoms with Gasteiger partial charge in [-0.05, 0) is 19.2 Å². The van der Waals surface area contributed by atoms with Crippen LogP contribution >= 0.6 is 23.2 Å². The van der Waals surface area contributed by atoms with Crippen molar-refractivity contribution in [3.05, 3.63) is 104 Å². The summed E-state index contributed by atoms with van der Waals surface area (Å²) in [4.78, 5) is 52.8. The molecule has 0 spiro atoms. The van der Waals surface area contributed by atoms with Crippen LogP contribution in [0.3, 0.4) is 0 Å². The maximum Gasteiger partial charge on any atom is 0.317 e. The van der Waals surface area contributed by atoms with E-state index in [1.807, 2.05) is 48.3 Å². The van der Waals surface area contributed by atoms with Crippen molar-refractivity contribution in [3.8, 4) is 33.4 Å². The molecule has 0 saturated carbocycles. The highest BCUT2D eigenvalue weighted by Gasteiger charge is 2.21. The van der Waals surface area contributed by atoms with Crippen molar-refractivity contribution in [1.29, 1.82) is 0 Å². The minimum absolute atomic E-state index is 0.135. The smallest absolute Gasteiger partial charge is 0.317 e. The number of hydrogen-bond donors (Lipinski definition) is 2. The van der Waals surface area contributed by atoms with Gasteiger partial charge < -0.3 is 20.4 Å². The van der Waals surface area contributed by atoms with Gasteiger partial charge in [-0.2, -0.15) is 10.2 Å². The number of aromatic nitrogens is 6. The van der Waals surface area contributed by atoms with E-state index in [1.165, 1.54) is 21.7 Å². The Morgan fingerprint density at radius 3 is 1.88 bits per heavy atom. The summed E-state index contributed by atoms with van der Waals surface area (Å²) < 4.78 is 6.14. The lowest BCUT2D eigenvalue weighted by Gasteiger charge is -2.16. The molecule has 51 heavy (non-hydrogen) atoms. The minimum atomic E-state index is -0.226. The van der Waals surface area contributed by atoms with Crippen LogP contribution in [0.4, 0.5) is 4.79 Å². The van der Waals surface area contributed by atoms with E-state index in [2.05, 4.69) is 20.8 Å². The van der Waals surface area contributed by atoms with Gasteiger partial charge in [-0.1, -0.05) is 59.6 Å². The van der Waals surface area contributed by atoms with Crippen molar-refractivity contribution in [2.45, 2.75) is 13.1 Å². The Morgan fingerprint density at radius 2 is 1.35 bits per heavy atom. The van der Waals surface area contributed by atoms with Crippen molar-refractivity contribution >= 4 is 46.7 Å². The van der Waals surface area contributed by atoms with Crippen LogP contribution in [0.25, 0.3) is 44.4 Å². The van der Waals surface area contributed by atoms with Crippen LogP contribution in [0.15, 0.2) is 83.2 Å². The highest BCUT2D eigenvalue weighted by molar-refractivity contribution is 6.39. The lowest BCUT2D eigenvalue weighted by molar-refractivity contribution is -0.109. The molecule has 7 rings (SSSR count). The third kappa shape index (κ3) is 6.72. The van der Waals surface area contributed by atoms with Crippen molar-refractivity contribution in [2.75, 3.05) is 46.3 Å². The second-order valence-electron chi connectivity index (χ2n) is 12.3. The molecule has 1 fully saturated rings. The fourth-order valence-corrected chi connectivity index (χ4v) is 6.92. The molecule has 1 aliphatic heterocycles. The summed E-state index contributed by atoms with van der Waals surface area (Å²) in [6.45, 7) is 4.14. The number of likely N-dealkylation sites (N-methyl/N-ethyl adjacent to an activating group) is 1. The van der Waals surface area contributed by atoms with Gasteiger partial charge in [-0.15, -0.1) is 0 Å². The van der Waals surface area contributed by atoms with E-state index in [1.54, 1.807) is 38.5 Å². The fraction of sp³-hybridized carbons (Fsp3) is 0.257. The van der Waals surface area contributed by atoms with Crippen LogP contribution in [0.2, 0.25) is 10.0 Å². The molecule has 2 N–H and O–H groups in total. The quantitative estimate of drug-likeness (QED) is 0.137. The fourth-order valence-electron chi connectivity index (χ4n) is 6.25. The number of nitrogens with zero attached hydrogens (tertiary/aromatic N) is 8. The molecule has 0 bridgehead atoms. The first kappa shape index (κ1) is 34.0. The highest BCUT2D eigenvalue weighted by atomic mass is 35.5. The van der Waals surface area contributed by atoms with E-state index in [0.29, 0.717) is 108 Å². The molecule has 262 valence electrons. The molecule has 0 aliphatic carbocycles. The van der Waals surface area contributed by atoms with Gasteiger partial charge in [0.1, 0.15) is 23.7 Å². The summed E-state index contributed by atoms with van der Waals surface area (Å²) in [5.74, 6) is 0. The number of carbonyl (C=O) groups is 2. The predicted molar refractivity (Wildman–Crippen MR) is 195 cm³/mol. The second-order valence-corrected chi connectivity index (χ2v) is 13.1. The Labute approximate surface area is 301 Å². The van der Waals surface area contributed by atoms with Crippen molar-refractivity contribution in [1.82, 2.24) is 48.8 Å². The van der Waals surface area contributed by atoms with E-state index < -0.39 is 0 Å². The van der Waals surface area contributed by atoms with E-state index in [4.69, 9.17) is 23.2 Å². The molecule has 14 nitrogen and oxygen atoms in total. The molecule has 2 aromatic carbocycles. The van der Waals surface area contributed by atoms with Gasteiger partial charge in [0.05, 0.1) is 10.0 Å². The molecular weight excluding hydrogens is 695 g/mol. The number of hydrogen-bond acceptors (Lipinski definition) is 7. The molecule has 16 heteroatoms. The Kier molecular flexibility index (Phi) is 9.62. The zero-order chi connectivity index (χ0) is 35.6.